The Hall–Kier alpha value is -0.620. The maximum Gasteiger partial charge on any atom is 0.231 e. The fraction of sp³-hybridized carbons (Fsp3) is 0.538. The minimum atomic E-state index is 0.138. The van der Waals surface area contributed by atoms with Crippen LogP contribution in [0.4, 0.5) is 0 Å². The monoisotopic (exact) mass is 302 g/mol. The third-order valence-electron chi connectivity index (χ3n) is 3.24. The first-order valence-electron chi connectivity index (χ1n) is 6.15. The van der Waals surface area contributed by atoms with E-state index in [4.69, 9.17) is 26.8 Å². The first-order chi connectivity index (χ1) is 9.17. The summed E-state index contributed by atoms with van der Waals surface area (Å²) in [5.41, 5.74) is 6.98. The van der Waals surface area contributed by atoms with Crippen molar-refractivity contribution in [1.82, 2.24) is 4.90 Å². The van der Waals surface area contributed by atoms with Crippen molar-refractivity contribution in [3.8, 4) is 11.5 Å². The van der Waals surface area contributed by atoms with Crippen LogP contribution in [0.2, 0.25) is 5.02 Å². The summed E-state index contributed by atoms with van der Waals surface area (Å²) in [6.45, 7) is 1.75. The Morgan fingerprint density at radius 2 is 2.26 bits per heavy atom. The van der Waals surface area contributed by atoms with Crippen LogP contribution in [0.25, 0.3) is 0 Å². The predicted octanol–water partition coefficient (Wildman–Crippen LogP) is 2.36. The summed E-state index contributed by atoms with van der Waals surface area (Å²) in [5, 5.41) is 0.585. The molecule has 0 aromatic heterocycles. The molecule has 0 saturated carbocycles. The molecule has 0 aliphatic carbocycles. The first-order valence-corrected chi connectivity index (χ1v) is 7.92. The van der Waals surface area contributed by atoms with E-state index in [-0.39, 0.29) is 12.8 Å². The molecule has 1 aromatic rings. The summed E-state index contributed by atoms with van der Waals surface area (Å²) in [5.74, 6) is 2.41. The van der Waals surface area contributed by atoms with Crippen LogP contribution in [0, 0.1) is 0 Å². The molecule has 1 atom stereocenters. The highest BCUT2D eigenvalue weighted by atomic mass is 35.5. The molecule has 1 aliphatic heterocycles. The number of likely N-dealkylation sites (N-methyl/N-ethyl adjacent to an activating group) is 1. The molecule has 0 bridgehead atoms. The Bertz CT molecular complexity index is 445. The Morgan fingerprint density at radius 1 is 1.47 bits per heavy atom. The number of hydrogen-bond donors (Lipinski definition) is 1. The van der Waals surface area contributed by atoms with Crippen LogP contribution in [0.1, 0.15) is 11.6 Å². The van der Waals surface area contributed by atoms with Crippen molar-refractivity contribution >= 4 is 23.4 Å². The highest BCUT2D eigenvalue weighted by Gasteiger charge is 2.23. The van der Waals surface area contributed by atoms with Crippen molar-refractivity contribution in [2.75, 3.05) is 38.9 Å². The van der Waals surface area contributed by atoms with Gasteiger partial charge in [0, 0.05) is 24.9 Å². The molecule has 0 fully saturated rings. The number of ether oxygens (including phenoxy) is 2. The number of benzene rings is 1. The Morgan fingerprint density at radius 3 is 2.95 bits per heavy atom. The van der Waals surface area contributed by atoms with Gasteiger partial charge in [-0.05, 0) is 31.0 Å². The number of rotatable bonds is 6. The van der Waals surface area contributed by atoms with Crippen LogP contribution in [0.5, 0.6) is 11.5 Å². The first kappa shape index (κ1) is 14.8. The van der Waals surface area contributed by atoms with E-state index in [1.165, 1.54) is 0 Å². The Kier molecular flexibility index (Phi) is 5.21. The molecule has 19 heavy (non-hydrogen) atoms. The van der Waals surface area contributed by atoms with E-state index >= 15 is 0 Å². The topological polar surface area (TPSA) is 47.7 Å². The lowest BCUT2D eigenvalue weighted by molar-refractivity contribution is 0.174. The largest absolute Gasteiger partial charge is 0.454 e. The number of thioether (sulfide) groups is 1. The molecule has 2 N–H and O–H groups in total. The third kappa shape index (κ3) is 3.28. The second-order valence-electron chi connectivity index (χ2n) is 4.46. The lowest BCUT2D eigenvalue weighted by Gasteiger charge is -2.27. The molecule has 6 heteroatoms. The lowest BCUT2D eigenvalue weighted by Crippen LogP contribution is -2.32. The average Bonchev–Trinajstić information content (AvgIpc) is 2.86. The van der Waals surface area contributed by atoms with Crippen molar-refractivity contribution < 1.29 is 9.47 Å². The highest BCUT2D eigenvalue weighted by Crippen LogP contribution is 2.41. The minimum Gasteiger partial charge on any atom is -0.454 e. The second kappa shape index (κ2) is 6.70. The van der Waals surface area contributed by atoms with Gasteiger partial charge >= 0.3 is 0 Å². The molecule has 1 heterocycles. The van der Waals surface area contributed by atoms with E-state index in [9.17, 15) is 0 Å². The van der Waals surface area contributed by atoms with Crippen molar-refractivity contribution in [2.24, 2.45) is 5.73 Å². The van der Waals surface area contributed by atoms with Crippen molar-refractivity contribution in [2.45, 2.75) is 6.04 Å². The van der Waals surface area contributed by atoms with Crippen LogP contribution in [-0.2, 0) is 0 Å². The van der Waals surface area contributed by atoms with E-state index in [1.807, 2.05) is 23.9 Å². The fourth-order valence-electron chi connectivity index (χ4n) is 2.14. The van der Waals surface area contributed by atoms with Gasteiger partial charge in [0.2, 0.25) is 6.79 Å². The summed E-state index contributed by atoms with van der Waals surface area (Å²) < 4.78 is 10.7. The predicted molar refractivity (Wildman–Crippen MR) is 80.4 cm³/mol. The lowest BCUT2D eigenvalue weighted by atomic mass is 10.0. The van der Waals surface area contributed by atoms with Crippen LogP contribution < -0.4 is 15.2 Å². The molecular weight excluding hydrogens is 284 g/mol. The van der Waals surface area contributed by atoms with Gasteiger partial charge in [-0.3, -0.25) is 4.90 Å². The molecule has 0 amide bonds. The van der Waals surface area contributed by atoms with Gasteiger partial charge in [-0.25, -0.2) is 0 Å². The van der Waals surface area contributed by atoms with Gasteiger partial charge in [0.15, 0.2) is 11.5 Å². The van der Waals surface area contributed by atoms with Crippen molar-refractivity contribution in [3.63, 3.8) is 0 Å². The third-order valence-corrected chi connectivity index (χ3v) is 4.11. The van der Waals surface area contributed by atoms with Crippen LogP contribution >= 0.6 is 23.4 Å². The number of nitrogens with two attached hydrogens (primary N) is 1. The maximum atomic E-state index is 6.22. The summed E-state index contributed by atoms with van der Waals surface area (Å²) in [7, 11) is 2.08. The summed E-state index contributed by atoms with van der Waals surface area (Å²) in [4.78, 5) is 2.24. The number of hydrogen-bond acceptors (Lipinski definition) is 5. The molecule has 1 aromatic carbocycles. The molecule has 2 rings (SSSR count). The SMILES string of the molecule is CSCCN(C)C(CN)c1cc(Cl)c2c(c1)OCO2. The summed E-state index contributed by atoms with van der Waals surface area (Å²) in [6, 6.07) is 4.03. The zero-order valence-corrected chi connectivity index (χ0v) is 12.8. The summed E-state index contributed by atoms with van der Waals surface area (Å²) >= 11 is 8.04. The zero-order valence-electron chi connectivity index (χ0n) is 11.2. The van der Waals surface area contributed by atoms with Crippen LogP contribution in [0.3, 0.4) is 0 Å². The van der Waals surface area contributed by atoms with E-state index in [0.717, 1.165) is 17.9 Å². The minimum absolute atomic E-state index is 0.138. The van der Waals surface area contributed by atoms with Gasteiger partial charge in [-0.2, -0.15) is 11.8 Å². The normalized spacial score (nSPS) is 15.0. The van der Waals surface area contributed by atoms with Gasteiger partial charge in [0.05, 0.1) is 5.02 Å². The molecule has 0 saturated heterocycles. The van der Waals surface area contributed by atoms with Crippen molar-refractivity contribution in [3.05, 3.63) is 22.7 Å². The second-order valence-corrected chi connectivity index (χ2v) is 5.85. The van der Waals surface area contributed by atoms with E-state index in [2.05, 4.69) is 18.2 Å². The molecule has 1 aliphatic rings. The number of halogens is 1. The average molecular weight is 303 g/mol. The van der Waals surface area contributed by atoms with Crippen molar-refractivity contribution in [1.29, 1.82) is 0 Å². The Labute approximate surface area is 123 Å². The van der Waals surface area contributed by atoms with Gasteiger partial charge in [-0.15, -0.1) is 0 Å². The standard InChI is InChI=1S/C13H19ClN2O2S/c1-16(3-4-19-2)11(7-15)9-5-10(14)13-12(6-9)17-8-18-13/h5-6,11H,3-4,7-8,15H2,1-2H3. The quantitative estimate of drug-likeness (QED) is 0.874. The van der Waals surface area contributed by atoms with E-state index < -0.39 is 0 Å². The van der Waals surface area contributed by atoms with E-state index in [0.29, 0.717) is 23.1 Å². The van der Waals surface area contributed by atoms with Gasteiger partial charge in [0.25, 0.3) is 0 Å². The van der Waals surface area contributed by atoms with Crippen LogP contribution in [0.15, 0.2) is 12.1 Å². The summed E-state index contributed by atoms with van der Waals surface area (Å²) in [6.07, 6.45) is 2.10. The Balaban J connectivity index is 2.21. The number of fused-ring (bicyclic) bond motifs is 1. The molecule has 0 radical (unpaired) electrons. The maximum absolute atomic E-state index is 6.22. The highest BCUT2D eigenvalue weighted by molar-refractivity contribution is 7.98. The smallest absolute Gasteiger partial charge is 0.231 e. The molecular formula is C13H19ClN2O2S. The fourth-order valence-corrected chi connectivity index (χ4v) is 2.89. The molecule has 4 nitrogen and oxygen atoms in total. The number of nitrogens with zero attached hydrogens (tertiary/aromatic N) is 1. The molecule has 0 spiro atoms. The van der Waals surface area contributed by atoms with Gasteiger partial charge in [-0.1, -0.05) is 11.6 Å². The van der Waals surface area contributed by atoms with Crippen LogP contribution in [-0.4, -0.2) is 43.8 Å². The van der Waals surface area contributed by atoms with Gasteiger partial charge in [0.1, 0.15) is 0 Å². The zero-order chi connectivity index (χ0) is 13.8. The molecule has 1 unspecified atom stereocenters. The molecule has 106 valence electrons. The van der Waals surface area contributed by atoms with Gasteiger partial charge < -0.3 is 15.2 Å². The van der Waals surface area contributed by atoms with E-state index in [1.54, 1.807) is 0 Å².